The van der Waals surface area contributed by atoms with E-state index in [1.54, 1.807) is 10.9 Å². The third-order valence-electron chi connectivity index (χ3n) is 5.44. The Labute approximate surface area is 174 Å². The second-order valence-corrected chi connectivity index (χ2v) is 7.42. The van der Waals surface area contributed by atoms with E-state index in [4.69, 9.17) is 9.97 Å². The molecule has 0 bridgehead atoms. The molecule has 1 amide bonds. The van der Waals surface area contributed by atoms with Gasteiger partial charge in [0.25, 0.3) is 5.91 Å². The molecule has 5 rings (SSSR count). The molecule has 1 saturated heterocycles. The van der Waals surface area contributed by atoms with E-state index < -0.39 is 0 Å². The van der Waals surface area contributed by atoms with Crippen LogP contribution in [0.2, 0.25) is 0 Å². The van der Waals surface area contributed by atoms with Crippen molar-refractivity contribution in [2.24, 2.45) is 0 Å². The number of anilines is 2. The molecule has 1 N–H and O–H groups in total. The van der Waals surface area contributed by atoms with E-state index in [9.17, 15) is 4.79 Å². The fourth-order valence-electron chi connectivity index (χ4n) is 3.86. The lowest BCUT2D eigenvalue weighted by molar-refractivity contribution is 0.102. The number of aromatic nitrogens is 4. The maximum absolute atomic E-state index is 13.1. The first kappa shape index (κ1) is 18.3. The summed E-state index contributed by atoms with van der Waals surface area (Å²) in [6.45, 7) is 3.73. The molecule has 0 saturated carbocycles. The first-order valence-electron chi connectivity index (χ1n) is 10.1. The van der Waals surface area contributed by atoms with Gasteiger partial charge in [0.05, 0.1) is 34.2 Å². The van der Waals surface area contributed by atoms with Gasteiger partial charge in [0.15, 0.2) is 11.6 Å². The van der Waals surface area contributed by atoms with Gasteiger partial charge < -0.3 is 10.2 Å². The molecule has 30 heavy (non-hydrogen) atoms. The van der Waals surface area contributed by atoms with Gasteiger partial charge in [-0.05, 0) is 44.0 Å². The molecule has 0 aliphatic carbocycles. The molecule has 3 heterocycles. The lowest BCUT2D eigenvalue weighted by atomic mass is 10.2. The number of nitrogens with zero attached hydrogens (tertiary/aromatic N) is 5. The van der Waals surface area contributed by atoms with Gasteiger partial charge in [0, 0.05) is 13.1 Å². The highest BCUT2D eigenvalue weighted by Crippen LogP contribution is 2.28. The minimum absolute atomic E-state index is 0.236. The summed E-state index contributed by atoms with van der Waals surface area (Å²) in [4.78, 5) is 24.8. The van der Waals surface area contributed by atoms with Gasteiger partial charge in [-0.3, -0.25) is 4.79 Å². The Bertz CT molecular complexity index is 1210. The standard InChI is InChI=1S/C23H22N6O/c1-16-18(15-24-29(16)17-9-3-2-4-10-17)23(30)27-21-22(28-13-7-8-14-28)26-20-12-6-5-11-19(20)25-21/h2-6,9-12,15H,7-8,13-14H2,1H3,(H,25,27,30). The highest BCUT2D eigenvalue weighted by atomic mass is 16.1. The summed E-state index contributed by atoms with van der Waals surface area (Å²) in [7, 11) is 0. The van der Waals surface area contributed by atoms with E-state index in [1.165, 1.54) is 0 Å². The predicted molar refractivity (Wildman–Crippen MR) is 117 cm³/mol. The van der Waals surface area contributed by atoms with Crippen molar-refractivity contribution in [2.45, 2.75) is 19.8 Å². The first-order chi connectivity index (χ1) is 14.7. The monoisotopic (exact) mass is 398 g/mol. The minimum Gasteiger partial charge on any atom is -0.354 e. The number of carbonyl (C=O) groups excluding carboxylic acids is 1. The molecule has 0 unspecified atom stereocenters. The molecular weight excluding hydrogens is 376 g/mol. The lowest BCUT2D eigenvalue weighted by Crippen LogP contribution is -2.23. The van der Waals surface area contributed by atoms with Crippen LogP contribution in [0.25, 0.3) is 16.7 Å². The number of benzene rings is 2. The summed E-state index contributed by atoms with van der Waals surface area (Å²) in [6.07, 6.45) is 3.83. The number of carbonyl (C=O) groups is 1. The van der Waals surface area contributed by atoms with Crippen molar-refractivity contribution in [1.82, 2.24) is 19.7 Å². The van der Waals surface area contributed by atoms with Crippen molar-refractivity contribution in [1.29, 1.82) is 0 Å². The van der Waals surface area contributed by atoms with Gasteiger partial charge in [0.1, 0.15) is 0 Å². The predicted octanol–water partition coefficient (Wildman–Crippen LogP) is 3.98. The van der Waals surface area contributed by atoms with Gasteiger partial charge in [0.2, 0.25) is 0 Å². The molecule has 7 heteroatoms. The fraction of sp³-hybridized carbons (Fsp3) is 0.217. The van der Waals surface area contributed by atoms with Gasteiger partial charge in [-0.25, -0.2) is 14.6 Å². The van der Waals surface area contributed by atoms with Crippen molar-refractivity contribution in [3.8, 4) is 5.69 Å². The van der Waals surface area contributed by atoms with Crippen molar-refractivity contribution in [2.75, 3.05) is 23.3 Å². The normalized spacial score (nSPS) is 13.7. The molecule has 4 aromatic rings. The second-order valence-electron chi connectivity index (χ2n) is 7.42. The molecule has 1 fully saturated rings. The van der Waals surface area contributed by atoms with E-state index in [0.717, 1.165) is 54.2 Å². The van der Waals surface area contributed by atoms with Crippen LogP contribution in [0.4, 0.5) is 11.6 Å². The van der Waals surface area contributed by atoms with Gasteiger partial charge in [-0.1, -0.05) is 30.3 Å². The summed E-state index contributed by atoms with van der Waals surface area (Å²) in [5.74, 6) is 0.986. The van der Waals surface area contributed by atoms with Crippen LogP contribution in [-0.2, 0) is 0 Å². The second kappa shape index (κ2) is 7.59. The van der Waals surface area contributed by atoms with E-state index >= 15 is 0 Å². The van der Waals surface area contributed by atoms with Crippen molar-refractivity contribution < 1.29 is 4.79 Å². The molecule has 1 aliphatic heterocycles. The average molecular weight is 398 g/mol. The smallest absolute Gasteiger partial charge is 0.260 e. The quantitative estimate of drug-likeness (QED) is 0.563. The van der Waals surface area contributed by atoms with Crippen LogP contribution in [0.5, 0.6) is 0 Å². The zero-order chi connectivity index (χ0) is 20.5. The van der Waals surface area contributed by atoms with Gasteiger partial charge >= 0.3 is 0 Å². The molecular formula is C23H22N6O. The van der Waals surface area contributed by atoms with E-state index in [0.29, 0.717) is 11.4 Å². The topological polar surface area (TPSA) is 75.9 Å². The Balaban J connectivity index is 1.50. The maximum atomic E-state index is 13.1. The zero-order valence-corrected chi connectivity index (χ0v) is 16.7. The number of amides is 1. The molecule has 150 valence electrons. The number of hydrogen-bond acceptors (Lipinski definition) is 5. The molecule has 2 aromatic heterocycles. The number of rotatable bonds is 4. The third kappa shape index (κ3) is 3.28. The van der Waals surface area contributed by atoms with Crippen LogP contribution in [0, 0.1) is 6.92 Å². The Morgan fingerprint density at radius 1 is 0.933 bits per heavy atom. The molecule has 2 aromatic carbocycles. The molecule has 0 atom stereocenters. The Kier molecular flexibility index (Phi) is 4.63. The van der Waals surface area contributed by atoms with Crippen LogP contribution in [0.3, 0.4) is 0 Å². The highest BCUT2D eigenvalue weighted by molar-refractivity contribution is 6.06. The molecule has 0 radical (unpaired) electrons. The van der Waals surface area contributed by atoms with E-state index in [1.807, 2.05) is 61.5 Å². The van der Waals surface area contributed by atoms with E-state index in [2.05, 4.69) is 15.3 Å². The number of nitrogens with one attached hydrogen (secondary N) is 1. The van der Waals surface area contributed by atoms with Crippen LogP contribution in [-0.4, -0.2) is 38.7 Å². The summed E-state index contributed by atoms with van der Waals surface area (Å²) >= 11 is 0. The summed E-state index contributed by atoms with van der Waals surface area (Å²) in [6, 6.07) is 17.5. The Hall–Kier alpha value is -3.74. The lowest BCUT2D eigenvalue weighted by Gasteiger charge is -2.20. The van der Waals surface area contributed by atoms with E-state index in [-0.39, 0.29) is 5.91 Å². The molecule has 7 nitrogen and oxygen atoms in total. The van der Waals surface area contributed by atoms with Crippen molar-refractivity contribution >= 4 is 28.6 Å². The Morgan fingerprint density at radius 2 is 1.60 bits per heavy atom. The van der Waals surface area contributed by atoms with Crippen LogP contribution in [0.1, 0.15) is 28.9 Å². The third-order valence-corrected chi connectivity index (χ3v) is 5.44. The largest absolute Gasteiger partial charge is 0.354 e. The van der Waals surface area contributed by atoms with Crippen LogP contribution >= 0.6 is 0 Å². The highest BCUT2D eigenvalue weighted by Gasteiger charge is 2.22. The first-order valence-corrected chi connectivity index (χ1v) is 10.1. The average Bonchev–Trinajstić information content (AvgIpc) is 3.44. The molecule has 1 aliphatic rings. The van der Waals surface area contributed by atoms with Crippen molar-refractivity contribution in [3.63, 3.8) is 0 Å². The van der Waals surface area contributed by atoms with Crippen LogP contribution in [0.15, 0.2) is 60.8 Å². The Morgan fingerprint density at radius 3 is 2.33 bits per heavy atom. The summed E-state index contributed by atoms with van der Waals surface area (Å²) in [5, 5.41) is 7.40. The maximum Gasteiger partial charge on any atom is 0.260 e. The van der Waals surface area contributed by atoms with Gasteiger partial charge in [-0.2, -0.15) is 5.10 Å². The summed E-state index contributed by atoms with van der Waals surface area (Å²) < 4.78 is 1.77. The van der Waals surface area contributed by atoms with Crippen molar-refractivity contribution in [3.05, 3.63) is 72.1 Å². The number of para-hydroxylation sites is 3. The number of fused-ring (bicyclic) bond motifs is 1. The molecule has 0 spiro atoms. The SMILES string of the molecule is Cc1c(C(=O)Nc2nc3ccccc3nc2N2CCCC2)cnn1-c1ccccc1. The van der Waals surface area contributed by atoms with Gasteiger partial charge in [-0.15, -0.1) is 0 Å². The number of hydrogen-bond donors (Lipinski definition) is 1. The van der Waals surface area contributed by atoms with Crippen LogP contribution < -0.4 is 10.2 Å². The minimum atomic E-state index is -0.236. The fourth-order valence-corrected chi connectivity index (χ4v) is 3.86. The zero-order valence-electron chi connectivity index (χ0n) is 16.7. The summed E-state index contributed by atoms with van der Waals surface area (Å²) in [5.41, 5.74) is 3.78.